The van der Waals surface area contributed by atoms with Crippen LogP contribution in [0.4, 0.5) is 13.2 Å². The van der Waals surface area contributed by atoms with Gasteiger partial charge in [-0.15, -0.1) is 11.3 Å². The predicted octanol–water partition coefficient (Wildman–Crippen LogP) is 2.52. The summed E-state index contributed by atoms with van der Waals surface area (Å²) in [5.74, 6) is -1.18. The lowest BCUT2D eigenvalue weighted by atomic mass is 9.92. The SMILES string of the molecule is CC(N)(C(=O)NC1CCCc2sccc21)C(F)(F)F. The Morgan fingerprint density at radius 2 is 2.21 bits per heavy atom. The van der Waals surface area contributed by atoms with Crippen LogP contribution in [0.3, 0.4) is 0 Å². The van der Waals surface area contributed by atoms with Gasteiger partial charge in [-0.05, 0) is 43.2 Å². The van der Waals surface area contributed by atoms with Crippen LogP contribution in [-0.4, -0.2) is 17.6 Å². The fourth-order valence-corrected chi connectivity index (χ4v) is 3.06. The first-order valence-corrected chi connectivity index (χ1v) is 6.84. The van der Waals surface area contributed by atoms with Gasteiger partial charge in [-0.1, -0.05) is 0 Å². The van der Waals surface area contributed by atoms with Gasteiger partial charge in [-0.2, -0.15) is 13.2 Å². The van der Waals surface area contributed by atoms with Gasteiger partial charge in [-0.3, -0.25) is 4.79 Å². The Balaban J connectivity index is 2.14. The van der Waals surface area contributed by atoms with Crippen LogP contribution in [0.5, 0.6) is 0 Å². The second kappa shape index (κ2) is 4.79. The van der Waals surface area contributed by atoms with Crippen molar-refractivity contribution >= 4 is 17.2 Å². The lowest BCUT2D eigenvalue weighted by Crippen LogP contribution is -2.61. The molecule has 0 fully saturated rings. The van der Waals surface area contributed by atoms with E-state index in [4.69, 9.17) is 5.73 Å². The molecule has 1 amide bonds. The van der Waals surface area contributed by atoms with E-state index in [1.165, 1.54) is 0 Å². The smallest absolute Gasteiger partial charge is 0.347 e. The summed E-state index contributed by atoms with van der Waals surface area (Å²) >= 11 is 1.56. The van der Waals surface area contributed by atoms with Gasteiger partial charge in [0.25, 0.3) is 0 Å². The van der Waals surface area contributed by atoms with Crippen molar-refractivity contribution in [3.63, 3.8) is 0 Å². The molecule has 0 spiro atoms. The van der Waals surface area contributed by atoms with Crippen molar-refractivity contribution in [1.82, 2.24) is 5.32 Å². The summed E-state index contributed by atoms with van der Waals surface area (Å²) in [6.45, 7) is 0.694. The van der Waals surface area contributed by atoms with E-state index in [9.17, 15) is 18.0 Å². The van der Waals surface area contributed by atoms with E-state index in [1.54, 1.807) is 11.3 Å². The Morgan fingerprint density at radius 1 is 1.53 bits per heavy atom. The van der Waals surface area contributed by atoms with Gasteiger partial charge >= 0.3 is 6.18 Å². The summed E-state index contributed by atoms with van der Waals surface area (Å²) < 4.78 is 38.1. The van der Waals surface area contributed by atoms with E-state index in [0.717, 1.165) is 23.3 Å². The zero-order valence-corrected chi connectivity index (χ0v) is 11.2. The Labute approximate surface area is 113 Å². The van der Waals surface area contributed by atoms with Crippen molar-refractivity contribution in [3.05, 3.63) is 21.9 Å². The quantitative estimate of drug-likeness (QED) is 0.880. The highest BCUT2D eigenvalue weighted by Gasteiger charge is 2.54. The number of halogens is 3. The standard InChI is InChI=1S/C12H15F3N2OS/c1-11(16,12(13,14)15)10(18)17-8-3-2-4-9-7(8)5-6-19-9/h5-6,8H,2-4,16H2,1H3,(H,17,18). The molecule has 106 valence electrons. The zero-order valence-electron chi connectivity index (χ0n) is 10.4. The molecule has 0 bridgehead atoms. The molecule has 0 saturated carbocycles. The van der Waals surface area contributed by atoms with E-state index >= 15 is 0 Å². The van der Waals surface area contributed by atoms with Crippen LogP contribution in [0.15, 0.2) is 11.4 Å². The first kappa shape index (κ1) is 14.3. The third-order valence-corrected chi connectivity index (χ3v) is 4.41. The Hall–Kier alpha value is -1.08. The first-order valence-electron chi connectivity index (χ1n) is 5.96. The summed E-state index contributed by atoms with van der Waals surface area (Å²) in [5.41, 5.74) is 3.17. The molecule has 19 heavy (non-hydrogen) atoms. The maximum atomic E-state index is 12.7. The Morgan fingerprint density at radius 3 is 2.84 bits per heavy atom. The van der Waals surface area contributed by atoms with Crippen molar-refractivity contribution in [1.29, 1.82) is 0 Å². The Bertz CT molecular complexity index is 482. The number of alkyl halides is 3. The molecule has 2 atom stereocenters. The molecule has 3 N–H and O–H groups in total. The van der Waals surface area contributed by atoms with E-state index in [0.29, 0.717) is 13.3 Å². The van der Waals surface area contributed by atoms with Crippen molar-refractivity contribution in [2.45, 2.75) is 43.9 Å². The van der Waals surface area contributed by atoms with Crippen LogP contribution < -0.4 is 11.1 Å². The van der Waals surface area contributed by atoms with E-state index in [1.807, 2.05) is 11.4 Å². The number of hydrogen-bond acceptors (Lipinski definition) is 3. The van der Waals surface area contributed by atoms with Gasteiger partial charge < -0.3 is 11.1 Å². The lowest BCUT2D eigenvalue weighted by molar-refractivity contribution is -0.187. The first-order chi connectivity index (χ1) is 8.73. The number of nitrogens with one attached hydrogen (secondary N) is 1. The van der Waals surface area contributed by atoms with Crippen molar-refractivity contribution in [2.24, 2.45) is 5.73 Å². The average Bonchev–Trinajstić information content (AvgIpc) is 2.76. The third kappa shape index (κ3) is 2.62. The zero-order chi connectivity index (χ0) is 14.3. The molecule has 1 aliphatic carbocycles. The van der Waals surface area contributed by atoms with Crippen molar-refractivity contribution in [3.8, 4) is 0 Å². The van der Waals surface area contributed by atoms with E-state index < -0.39 is 17.6 Å². The normalized spacial score (nSPS) is 22.5. The highest BCUT2D eigenvalue weighted by atomic mass is 32.1. The number of carbonyl (C=O) groups is 1. The van der Waals surface area contributed by atoms with E-state index in [2.05, 4.69) is 5.32 Å². The van der Waals surface area contributed by atoms with Crippen LogP contribution in [-0.2, 0) is 11.2 Å². The van der Waals surface area contributed by atoms with Crippen LogP contribution in [0.2, 0.25) is 0 Å². The molecule has 7 heteroatoms. The second-order valence-electron chi connectivity index (χ2n) is 4.92. The van der Waals surface area contributed by atoms with Crippen molar-refractivity contribution < 1.29 is 18.0 Å². The van der Waals surface area contributed by atoms with Crippen LogP contribution in [0.1, 0.15) is 36.2 Å². The molecular weight excluding hydrogens is 277 g/mol. The molecule has 1 aromatic heterocycles. The van der Waals surface area contributed by atoms with Gasteiger partial charge in [0.05, 0.1) is 6.04 Å². The molecule has 1 heterocycles. The molecule has 1 aliphatic rings. The number of thiophene rings is 1. The molecule has 2 unspecified atom stereocenters. The number of nitrogens with two attached hydrogens (primary N) is 1. The van der Waals surface area contributed by atoms with E-state index in [-0.39, 0.29) is 6.04 Å². The monoisotopic (exact) mass is 292 g/mol. The summed E-state index contributed by atoms with van der Waals surface area (Å²) in [5, 5.41) is 4.32. The topological polar surface area (TPSA) is 55.1 Å². The molecule has 0 radical (unpaired) electrons. The van der Waals surface area contributed by atoms with Gasteiger partial charge in [0, 0.05) is 4.88 Å². The minimum Gasteiger partial charge on any atom is -0.347 e. The fraction of sp³-hybridized carbons (Fsp3) is 0.583. The number of rotatable bonds is 2. The number of aryl methyl sites for hydroxylation is 1. The summed E-state index contributed by atoms with van der Waals surface area (Å²) in [6.07, 6.45) is -2.35. The summed E-state index contributed by atoms with van der Waals surface area (Å²) in [7, 11) is 0. The second-order valence-corrected chi connectivity index (χ2v) is 5.92. The molecular formula is C12H15F3N2OS. The molecule has 3 nitrogen and oxygen atoms in total. The Kier molecular flexibility index (Phi) is 3.61. The van der Waals surface area contributed by atoms with Gasteiger partial charge in [0.1, 0.15) is 0 Å². The van der Waals surface area contributed by atoms with Gasteiger partial charge in [0.15, 0.2) is 5.54 Å². The molecule has 0 aliphatic heterocycles. The van der Waals surface area contributed by atoms with Crippen molar-refractivity contribution in [2.75, 3.05) is 0 Å². The highest BCUT2D eigenvalue weighted by molar-refractivity contribution is 7.10. The number of fused-ring (bicyclic) bond motifs is 1. The minimum absolute atomic E-state index is 0.368. The van der Waals surface area contributed by atoms with Gasteiger partial charge in [0.2, 0.25) is 5.91 Å². The number of carbonyl (C=O) groups excluding carboxylic acids is 1. The molecule has 1 aromatic rings. The van der Waals surface area contributed by atoms with Crippen LogP contribution in [0.25, 0.3) is 0 Å². The lowest BCUT2D eigenvalue weighted by Gasteiger charge is -2.30. The minimum atomic E-state index is -4.76. The predicted molar refractivity (Wildman–Crippen MR) is 66.8 cm³/mol. The number of hydrogen-bond donors (Lipinski definition) is 2. The van der Waals surface area contributed by atoms with Crippen LogP contribution in [0, 0.1) is 0 Å². The van der Waals surface area contributed by atoms with Crippen LogP contribution >= 0.6 is 11.3 Å². The largest absolute Gasteiger partial charge is 0.415 e. The highest BCUT2D eigenvalue weighted by Crippen LogP contribution is 2.34. The fourth-order valence-electron chi connectivity index (χ4n) is 2.07. The molecule has 2 rings (SSSR count). The maximum Gasteiger partial charge on any atom is 0.415 e. The molecule has 0 saturated heterocycles. The number of amides is 1. The molecule has 0 aromatic carbocycles. The summed E-state index contributed by atoms with van der Waals surface area (Å²) in [6, 6.07) is 1.48. The maximum absolute atomic E-state index is 12.7. The average molecular weight is 292 g/mol. The third-order valence-electron chi connectivity index (χ3n) is 3.42. The van der Waals surface area contributed by atoms with Gasteiger partial charge in [-0.25, -0.2) is 0 Å². The summed E-state index contributed by atoms with van der Waals surface area (Å²) in [4.78, 5) is 12.9.